The summed E-state index contributed by atoms with van der Waals surface area (Å²) in [6.45, 7) is 5.88. The zero-order valence-electron chi connectivity index (χ0n) is 11.6. The SMILES string of the molecule is CCC1[C@@H]2Cc3ccc(O)cc3[C@@]1(C)CCN2C. The highest BCUT2D eigenvalue weighted by Gasteiger charge is 2.48. The zero-order valence-corrected chi connectivity index (χ0v) is 11.6. The predicted molar refractivity (Wildman–Crippen MR) is 74.0 cm³/mol. The molecule has 0 spiro atoms. The van der Waals surface area contributed by atoms with E-state index in [0.717, 1.165) is 6.42 Å². The number of phenolic OH excluding ortho intramolecular Hbond substituents is 1. The van der Waals surface area contributed by atoms with Crippen LogP contribution in [0.5, 0.6) is 5.75 Å². The molecule has 1 aromatic rings. The average Bonchev–Trinajstić information content (AvgIpc) is 2.35. The number of rotatable bonds is 1. The van der Waals surface area contributed by atoms with Crippen LogP contribution in [0.15, 0.2) is 18.2 Å². The van der Waals surface area contributed by atoms with E-state index in [2.05, 4.69) is 31.9 Å². The van der Waals surface area contributed by atoms with Gasteiger partial charge in [0.15, 0.2) is 0 Å². The van der Waals surface area contributed by atoms with Crippen LogP contribution in [0.2, 0.25) is 0 Å². The molecule has 98 valence electrons. The normalized spacial score (nSPS) is 35.3. The summed E-state index contributed by atoms with van der Waals surface area (Å²) < 4.78 is 0. The third-order valence-electron chi connectivity index (χ3n) is 5.41. The van der Waals surface area contributed by atoms with Crippen LogP contribution in [0, 0.1) is 5.92 Å². The molecule has 1 aromatic carbocycles. The molecular weight excluding hydrogens is 222 g/mol. The fraction of sp³-hybridized carbons (Fsp3) is 0.625. The highest BCUT2D eigenvalue weighted by Crippen LogP contribution is 2.50. The summed E-state index contributed by atoms with van der Waals surface area (Å²) in [4.78, 5) is 2.53. The van der Waals surface area contributed by atoms with E-state index in [1.807, 2.05) is 12.1 Å². The third kappa shape index (κ3) is 1.51. The number of piperidine rings is 1. The topological polar surface area (TPSA) is 23.5 Å². The van der Waals surface area contributed by atoms with Crippen molar-refractivity contribution in [3.05, 3.63) is 29.3 Å². The maximum absolute atomic E-state index is 9.80. The van der Waals surface area contributed by atoms with Gasteiger partial charge in [0.2, 0.25) is 0 Å². The van der Waals surface area contributed by atoms with Crippen molar-refractivity contribution in [2.24, 2.45) is 5.92 Å². The molecule has 2 aliphatic rings. The lowest BCUT2D eigenvalue weighted by Gasteiger charge is -2.54. The van der Waals surface area contributed by atoms with Crippen molar-refractivity contribution in [1.29, 1.82) is 0 Å². The Kier molecular flexibility index (Phi) is 2.67. The van der Waals surface area contributed by atoms with Crippen molar-refractivity contribution < 1.29 is 5.11 Å². The first-order valence-electron chi connectivity index (χ1n) is 7.09. The van der Waals surface area contributed by atoms with Crippen LogP contribution in [0.25, 0.3) is 0 Å². The van der Waals surface area contributed by atoms with Gasteiger partial charge < -0.3 is 10.0 Å². The number of aromatic hydroxyl groups is 1. The smallest absolute Gasteiger partial charge is 0.115 e. The van der Waals surface area contributed by atoms with Crippen LogP contribution >= 0.6 is 0 Å². The summed E-state index contributed by atoms with van der Waals surface area (Å²) >= 11 is 0. The first kappa shape index (κ1) is 12.0. The first-order valence-corrected chi connectivity index (χ1v) is 7.09. The molecule has 0 radical (unpaired) electrons. The molecular formula is C16H23NO. The van der Waals surface area contributed by atoms with E-state index in [4.69, 9.17) is 0 Å². The summed E-state index contributed by atoms with van der Waals surface area (Å²) in [6.07, 6.45) is 3.57. The highest BCUT2D eigenvalue weighted by atomic mass is 16.3. The Bertz CT molecular complexity index is 470. The van der Waals surface area contributed by atoms with Gasteiger partial charge in [-0.15, -0.1) is 0 Å². The molecule has 1 saturated heterocycles. The molecule has 0 saturated carbocycles. The maximum atomic E-state index is 9.80. The van der Waals surface area contributed by atoms with Crippen molar-refractivity contribution in [3.8, 4) is 5.75 Å². The lowest BCUT2D eigenvalue weighted by atomic mass is 9.57. The Morgan fingerprint density at radius 1 is 1.44 bits per heavy atom. The second-order valence-corrected chi connectivity index (χ2v) is 6.28. The Hall–Kier alpha value is -1.02. The number of likely N-dealkylation sites (tertiary alicyclic amines) is 1. The minimum atomic E-state index is 0.248. The van der Waals surface area contributed by atoms with E-state index in [9.17, 15) is 5.11 Å². The third-order valence-corrected chi connectivity index (χ3v) is 5.41. The molecule has 1 heterocycles. The summed E-state index contributed by atoms with van der Waals surface area (Å²) in [6, 6.07) is 6.65. The fourth-order valence-electron chi connectivity index (χ4n) is 4.35. The van der Waals surface area contributed by atoms with E-state index >= 15 is 0 Å². The van der Waals surface area contributed by atoms with Gasteiger partial charge in [-0.3, -0.25) is 0 Å². The number of benzene rings is 1. The summed E-state index contributed by atoms with van der Waals surface area (Å²) in [5.41, 5.74) is 3.09. The van der Waals surface area contributed by atoms with Crippen molar-refractivity contribution in [2.45, 2.75) is 44.6 Å². The van der Waals surface area contributed by atoms with Crippen molar-refractivity contribution >= 4 is 0 Å². The first-order chi connectivity index (χ1) is 8.56. The van der Waals surface area contributed by atoms with Crippen LogP contribution in [-0.4, -0.2) is 29.6 Å². The number of hydrogen-bond acceptors (Lipinski definition) is 2. The predicted octanol–water partition coefficient (Wildman–Crippen LogP) is 2.94. The molecule has 18 heavy (non-hydrogen) atoms. The van der Waals surface area contributed by atoms with Crippen LogP contribution in [0.3, 0.4) is 0 Å². The quantitative estimate of drug-likeness (QED) is 0.822. The van der Waals surface area contributed by atoms with Crippen LogP contribution in [0.4, 0.5) is 0 Å². The van der Waals surface area contributed by atoms with Gasteiger partial charge in [0.25, 0.3) is 0 Å². The molecule has 1 aliphatic heterocycles. The van der Waals surface area contributed by atoms with Crippen LogP contribution < -0.4 is 0 Å². The molecule has 3 atom stereocenters. The Morgan fingerprint density at radius 2 is 2.22 bits per heavy atom. The molecule has 1 unspecified atom stereocenters. The Balaban J connectivity index is 2.15. The van der Waals surface area contributed by atoms with E-state index in [-0.39, 0.29) is 5.41 Å². The van der Waals surface area contributed by atoms with Crippen molar-refractivity contribution in [1.82, 2.24) is 4.90 Å². The van der Waals surface area contributed by atoms with Gasteiger partial charge in [-0.25, -0.2) is 0 Å². The zero-order chi connectivity index (χ0) is 12.9. The van der Waals surface area contributed by atoms with E-state index < -0.39 is 0 Å². The van der Waals surface area contributed by atoms with E-state index in [1.54, 1.807) is 0 Å². The number of nitrogens with zero attached hydrogens (tertiary/aromatic N) is 1. The average molecular weight is 245 g/mol. The Morgan fingerprint density at radius 3 is 2.94 bits per heavy atom. The van der Waals surface area contributed by atoms with Gasteiger partial charge in [-0.2, -0.15) is 0 Å². The molecule has 1 N–H and O–H groups in total. The van der Waals surface area contributed by atoms with Gasteiger partial charge in [-0.1, -0.05) is 26.3 Å². The molecule has 1 fully saturated rings. The van der Waals surface area contributed by atoms with Crippen LogP contribution in [0.1, 0.15) is 37.8 Å². The Labute approximate surface area is 110 Å². The summed E-state index contributed by atoms with van der Waals surface area (Å²) in [5.74, 6) is 1.13. The number of phenols is 1. The van der Waals surface area contributed by atoms with Gasteiger partial charge in [-0.05, 0) is 61.0 Å². The van der Waals surface area contributed by atoms with Gasteiger partial charge in [0, 0.05) is 6.04 Å². The fourth-order valence-corrected chi connectivity index (χ4v) is 4.35. The van der Waals surface area contributed by atoms with Crippen LogP contribution in [-0.2, 0) is 11.8 Å². The van der Waals surface area contributed by atoms with E-state index in [0.29, 0.717) is 17.7 Å². The second-order valence-electron chi connectivity index (χ2n) is 6.28. The number of likely N-dealkylation sites (N-methyl/N-ethyl adjacent to an activating group) is 1. The molecule has 1 aliphatic carbocycles. The van der Waals surface area contributed by atoms with E-state index in [1.165, 1.54) is 30.5 Å². The van der Waals surface area contributed by atoms with Gasteiger partial charge in [0.05, 0.1) is 0 Å². The summed E-state index contributed by atoms with van der Waals surface area (Å²) in [5, 5.41) is 9.80. The lowest BCUT2D eigenvalue weighted by molar-refractivity contribution is 0.0376. The van der Waals surface area contributed by atoms with Gasteiger partial charge >= 0.3 is 0 Å². The molecule has 0 amide bonds. The summed E-state index contributed by atoms with van der Waals surface area (Å²) in [7, 11) is 2.26. The monoisotopic (exact) mass is 245 g/mol. The lowest BCUT2D eigenvalue weighted by Crippen LogP contribution is -2.57. The highest BCUT2D eigenvalue weighted by molar-refractivity contribution is 5.44. The standard InChI is InChI=1S/C16H23NO/c1-4-13-15-9-11-5-6-12(18)10-14(11)16(13,2)7-8-17(15)3/h5-6,10,13,15,18H,4,7-9H2,1-3H3/t13?,15-,16-/m0/s1. The minimum Gasteiger partial charge on any atom is -0.508 e. The molecule has 3 rings (SSSR count). The van der Waals surface area contributed by atoms with Gasteiger partial charge in [0.1, 0.15) is 5.75 Å². The molecule has 2 nitrogen and oxygen atoms in total. The maximum Gasteiger partial charge on any atom is 0.115 e. The molecule has 2 heteroatoms. The number of hydrogen-bond donors (Lipinski definition) is 1. The number of fused-ring (bicyclic) bond motifs is 4. The van der Waals surface area contributed by atoms with Crippen molar-refractivity contribution in [2.75, 3.05) is 13.6 Å². The minimum absolute atomic E-state index is 0.248. The molecule has 2 bridgehead atoms. The van der Waals surface area contributed by atoms with Crippen molar-refractivity contribution in [3.63, 3.8) is 0 Å². The molecule has 0 aromatic heterocycles. The largest absolute Gasteiger partial charge is 0.508 e. The second kappa shape index (κ2) is 3.99.